The standard InChI is InChI=1S/C36H32N6O6S/c1-23-32(36(46)41(40(23)3)28-14-8-5-9-15-28)39-33(43)24(2)49-30-16-10-13-27(22-30)37-35(45)31(38-34(44)26-11-6-4-7-12-26)21-25-17-19-29(20-18-25)42(47)48/h4-22,24H,1-3H3,(H,37,45)(H,38,44)(H,39,43)/b31-21+. The number of carbonyl (C=O) groups excluding carboxylic acids is 3. The number of hydrogen-bond acceptors (Lipinski definition) is 7. The maximum absolute atomic E-state index is 13.5. The number of rotatable bonds is 11. The van der Waals surface area contributed by atoms with E-state index in [4.69, 9.17) is 0 Å². The van der Waals surface area contributed by atoms with E-state index in [2.05, 4.69) is 16.0 Å². The van der Waals surface area contributed by atoms with Crippen LogP contribution in [0.1, 0.15) is 28.5 Å². The van der Waals surface area contributed by atoms with Crippen molar-refractivity contribution in [1.29, 1.82) is 0 Å². The first-order chi connectivity index (χ1) is 23.5. The first-order valence-corrected chi connectivity index (χ1v) is 16.0. The summed E-state index contributed by atoms with van der Waals surface area (Å²) in [7, 11) is 1.75. The molecule has 248 valence electrons. The van der Waals surface area contributed by atoms with Gasteiger partial charge in [0.15, 0.2) is 0 Å². The van der Waals surface area contributed by atoms with Crippen molar-refractivity contribution >= 4 is 52.6 Å². The number of nitrogens with one attached hydrogen (secondary N) is 3. The Labute approximate surface area is 285 Å². The predicted octanol–water partition coefficient (Wildman–Crippen LogP) is 5.92. The molecule has 0 fully saturated rings. The summed E-state index contributed by atoms with van der Waals surface area (Å²) in [6.45, 7) is 3.47. The van der Waals surface area contributed by atoms with Crippen LogP contribution in [0.5, 0.6) is 0 Å². The molecule has 4 aromatic carbocycles. The van der Waals surface area contributed by atoms with Crippen LogP contribution >= 0.6 is 11.8 Å². The van der Waals surface area contributed by atoms with Gasteiger partial charge in [-0.05, 0) is 80.1 Å². The lowest BCUT2D eigenvalue weighted by Gasteiger charge is -2.14. The monoisotopic (exact) mass is 676 g/mol. The largest absolute Gasteiger partial charge is 0.321 e. The molecule has 3 amide bonds. The molecule has 5 rings (SSSR count). The molecule has 1 atom stereocenters. The Balaban J connectivity index is 1.31. The molecule has 0 bridgehead atoms. The number of non-ortho nitro benzene ring substituents is 1. The minimum Gasteiger partial charge on any atom is -0.321 e. The molecule has 1 heterocycles. The molecule has 1 unspecified atom stereocenters. The van der Waals surface area contributed by atoms with Gasteiger partial charge in [0.25, 0.3) is 23.1 Å². The van der Waals surface area contributed by atoms with Crippen LogP contribution in [0.2, 0.25) is 0 Å². The van der Waals surface area contributed by atoms with Gasteiger partial charge in [0, 0.05) is 35.3 Å². The molecule has 0 saturated heterocycles. The quantitative estimate of drug-likeness (QED) is 0.0678. The fraction of sp³-hybridized carbons (Fsp3) is 0.111. The van der Waals surface area contributed by atoms with Gasteiger partial charge in [-0.3, -0.25) is 34.0 Å². The van der Waals surface area contributed by atoms with Crippen LogP contribution in [-0.4, -0.2) is 37.3 Å². The van der Waals surface area contributed by atoms with E-state index >= 15 is 0 Å². The second-order valence-electron chi connectivity index (χ2n) is 10.9. The molecule has 13 heteroatoms. The SMILES string of the molecule is Cc1c(NC(=O)C(C)Sc2cccc(NC(=O)/C(=C\c3ccc([N+](=O)[O-])cc3)NC(=O)c3ccccc3)c2)c(=O)n(-c2ccccc2)n1C. The van der Waals surface area contributed by atoms with Crippen molar-refractivity contribution < 1.29 is 19.3 Å². The van der Waals surface area contributed by atoms with Gasteiger partial charge in [-0.25, -0.2) is 4.68 Å². The van der Waals surface area contributed by atoms with Gasteiger partial charge in [0.2, 0.25) is 5.91 Å². The molecule has 0 aliphatic heterocycles. The number of hydrogen-bond donors (Lipinski definition) is 3. The summed E-state index contributed by atoms with van der Waals surface area (Å²) < 4.78 is 3.17. The number of nitrogens with zero attached hydrogens (tertiary/aromatic N) is 3. The smallest absolute Gasteiger partial charge is 0.295 e. The van der Waals surface area contributed by atoms with Gasteiger partial charge in [-0.2, -0.15) is 0 Å². The molecule has 5 aromatic rings. The first-order valence-electron chi connectivity index (χ1n) is 15.1. The van der Waals surface area contributed by atoms with Gasteiger partial charge < -0.3 is 16.0 Å². The number of carbonyl (C=O) groups is 3. The van der Waals surface area contributed by atoms with Gasteiger partial charge in [0.05, 0.1) is 21.6 Å². The van der Waals surface area contributed by atoms with E-state index in [1.54, 1.807) is 80.2 Å². The van der Waals surface area contributed by atoms with Crippen LogP contribution in [0.15, 0.2) is 125 Å². The minimum absolute atomic E-state index is 0.0899. The summed E-state index contributed by atoms with van der Waals surface area (Å²) in [5.41, 5.74) is 2.10. The number of amides is 3. The highest BCUT2D eigenvalue weighted by Gasteiger charge is 2.22. The third-order valence-corrected chi connectivity index (χ3v) is 8.61. The first kappa shape index (κ1) is 34.1. The van der Waals surface area contributed by atoms with E-state index in [1.165, 1.54) is 46.8 Å². The summed E-state index contributed by atoms with van der Waals surface area (Å²) in [6.07, 6.45) is 1.42. The topological polar surface area (TPSA) is 157 Å². The Morgan fingerprint density at radius 2 is 1.53 bits per heavy atom. The Morgan fingerprint density at radius 3 is 2.18 bits per heavy atom. The van der Waals surface area contributed by atoms with E-state index in [0.717, 1.165) is 0 Å². The normalized spacial score (nSPS) is 11.8. The number of thioether (sulfide) groups is 1. The molecule has 1 aromatic heterocycles. The number of nitro groups is 1. The second-order valence-corrected chi connectivity index (χ2v) is 12.3. The molecule has 3 N–H and O–H groups in total. The molecule has 0 aliphatic rings. The zero-order chi connectivity index (χ0) is 35.1. The maximum Gasteiger partial charge on any atom is 0.295 e. The van der Waals surface area contributed by atoms with Crippen LogP contribution in [0.25, 0.3) is 11.8 Å². The Kier molecular flexibility index (Phi) is 10.5. The van der Waals surface area contributed by atoms with Crippen LogP contribution in [-0.2, 0) is 16.6 Å². The summed E-state index contributed by atoms with van der Waals surface area (Å²) in [5, 5.41) is 18.7. The average molecular weight is 677 g/mol. The number of aromatic nitrogens is 2. The minimum atomic E-state index is -0.634. The summed E-state index contributed by atoms with van der Waals surface area (Å²) in [4.78, 5) is 64.2. The average Bonchev–Trinajstić information content (AvgIpc) is 3.31. The van der Waals surface area contributed by atoms with E-state index in [9.17, 15) is 29.3 Å². The molecule has 0 saturated carbocycles. The number of benzene rings is 4. The Hall–Kier alpha value is -6.21. The third-order valence-electron chi connectivity index (χ3n) is 7.52. The van der Waals surface area contributed by atoms with Gasteiger partial charge in [0.1, 0.15) is 11.4 Å². The summed E-state index contributed by atoms with van der Waals surface area (Å²) >= 11 is 1.24. The maximum atomic E-state index is 13.5. The fourth-order valence-corrected chi connectivity index (χ4v) is 5.77. The van der Waals surface area contributed by atoms with Crippen molar-refractivity contribution in [3.63, 3.8) is 0 Å². The molecule has 0 aliphatic carbocycles. The van der Waals surface area contributed by atoms with Crippen molar-refractivity contribution in [1.82, 2.24) is 14.7 Å². The highest BCUT2D eigenvalue weighted by atomic mass is 32.2. The van der Waals surface area contributed by atoms with Gasteiger partial charge >= 0.3 is 0 Å². The van der Waals surface area contributed by atoms with Crippen LogP contribution in [0.3, 0.4) is 0 Å². The lowest BCUT2D eigenvalue weighted by molar-refractivity contribution is -0.384. The number of anilines is 2. The van der Waals surface area contributed by atoms with Gasteiger partial charge in [-0.15, -0.1) is 11.8 Å². The lowest BCUT2D eigenvalue weighted by atomic mass is 10.1. The zero-order valence-corrected chi connectivity index (χ0v) is 27.6. The molecule has 0 radical (unpaired) electrons. The fourth-order valence-electron chi connectivity index (χ4n) is 4.84. The van der Waals surface area contributed by atoms with Crippen molar-refractivity contribution in [3.8, 4) is 5.69 Å². The number of nitro benzene ring substituents is 1. The number of para-hydroxylation sites is 1. The summed E-state index contributed by atoms with van der Waals surface area (Å²) in [5.74, 6) is -1.52. The molecular formula is C36H32N6O6S. The lowest BCUT2D eigenvalue weighted by Crippen LogP contribution is -2.30. The Bertz CT molecular complexity index is 2110. The summed E-state index contributed by atoms with van der Waals surface area (Å²) in [6, 6.07) is 29.9. The molecule has 0 spiro atoms. The van der Waals surface area contributed by atoms with Crippen molar-refractivity contribution in [2.24, 2.45) is 7.05 Å². The van der Waals surface area contributed by atoms with E-state index in [1.807, 2.05) is 30.3 Å². The van der Waals surface area contributed by atoms with Crippen molar-refractivity contribution in [2.75, 3.05) is 10.6 Å². The van der Waals surface area contributed by atoms with E-state index in [0.29, 0.717) is 33.1 Å². The van der Waals surface area contributed by atoms with Crippen molar-refractivity contribution in [2.45, 2.75) is 24.0 Å². The van der Waals surface area contributed by atoms with Crippen LogP contribution in [0.4, 0.5) is 17.1 Å². The van der Waals surface area contributed by atoms with Crippen LogP contribution < -0.4 is 21.5 Å². The molecule has 49 heavy (non-hydrogen) atoms. The molecular weight excluding hydrogens is 644 g/mol. The zero-order valence-electron chi connectivity index (χ0n) is 26.7. The highest BCUT2D eigenvalue weighted by Crippen LogP contribution is 2.27. The van der Waals surface area contributed by atoms with Crippen molar-refractivity contribution in [3.05, 3.63) is 152 Å². The van der Waals surface area contributed by atoms with E-state index in [-0.39, 0.29) is 28.5 Å². The third kappa shape index (κ3) is 8.21. The highest BCUT2D eigenvalue weighted by molar-refractivity contribution is 8.00. The van der Waals surface area contributed by atoms with E-state index < -0.39 is 22.0 Å². The van der Waals surface area contributed by atoms with Gasteiger partial charge in [-0.1, -0.05) is 42.5 Å². The van der Waals surface area contributed by atoms with Crippen LogP contribution in [0, 0.1) is 17.0 Å². The second kappa shape index (κ2) is 15.1. The Morgan fingerprint density at radius 1 is 0.878 bits per heavy atom. The molecule has 12 nitrogen and oxygen atoms in total. The predicted molar refractivity (Wildman–Crippen MR) is 190 cm³/mol.